The molecule has 3 aliphatic carbocycles. The summed E-state index contributed by atoms with van der Waals surface area (Å²) >= 11 is 0. The first-order valence-electron chi connectivity index (χ1n) is 19.5. The average molecular weight is 727 g/mol. The topological polar surface area (TPSA) is 89.5 Å². The molecule has 0 heterocycles. The number of Topliss-reactive ketones (excluding diaryl/α,β-unsaturated/α-hetero) is 1. The van der Waals surface area contributed by atoms with Crippen LogP contribution in [0.4, 0.5) is 0 Å². The number of hydrogen-bond acceptors (Lipinski definition) is 8. The number of hydrogen-bond donors (Lipinski definition) is 0. The molecule has 0 aromatic heterocycles. The zero-order valence-electron chi connectivity index (χ0n) is 32.0. The van der Waals surface area contributed by atoms with Crippen molar-refractivity contribution in [2.75, 3.05) is 26.8 Å². The molecule has 1 unspecified atom stereocenters. The van der Waals surface area contributed by atoms with Gasteiger partial charge in [0.05, 0.1) is 32.5 Å². The molecule has 0 aliphatic heterocycles. The standard InChI is InChI=1S/C45H58O8/c1-5-43(3)25-39(53-40(47)30-48-26-34-15-9-6-10-16-34)44(4)37(29-51-31-49-27-35-17-11-7-12-18-35)21-23-45(24-22-38(46)41(44)45)33(2)42(43)52-32-50-28-36-19-13-8-14-20-36/h6-20,33,37,39,41-42H,5,21-32H2,1-4H3/t33-,37-,39+,41?,42-,43+,44-,45-/m0/s1. The molecule has 3 aromatic rings. The van der Waals surface area contributed by atoms with Crippen LogP contribution in [-0.2, 0) is 57.8 Å². The lowest BCUT2D eigenvalue weighted by atomic mass is 9.43. The quantitative estimate of drug-likeness (QED) is 0.0776. The van der Waals surface area contributed by atoms with Crippen molar-refractivity contribution in [3.8, 4) is 0 Å². The zero-order chi connectivity index (χ0) is 37.3. The smallest absolute Gasteiger partial charge is 0.332 e. The van der Waals surface area contributed by atoms with Gasteiger partial charge in [-0.3, -0.25) is 4.79 Å². The lowest BCUT2D eigenvalue weighted by molar-refractivity contribution is -0.241. The molecule has 286 valence electrons. The Morgan fingerprint density at radius 2 is 1.32 bits per heavy atom. The minimum atomic E-state index is -0.667. The van der Waals surface area contributed by atoms with Crippen molar-refractivity contribution < 1.29 is 38.0 Å². The van der Waals surface area contributed by atoms with Crippen LogP contribution in [-0.4, -0.2) is 50.8 Å². The van der Waals surface area contributed by atoms with Crippen molar-refractivity contribution in [1.29, 1.82) is 0 Å². The summed E-state index contributed by atoms with van der Waals surface area (Å²) < 4.78 is 37.5. The lowest BCUT2D eigenvalue weighted by Crippen LogP contribution is -2.64. The minimum absolute atomic E-state index is 0.0222. The van der Waals surface area contributed by atoms with Crippen LogP contribution in [0.3, 0.4) is 0 Å². The zero-order valence-corrected chi connectivity index (χ0v) is 32.0. The van der Waals surface area contributed by atoms with Crippen LogP contribution in [0.1, 0.15) is 82.9 Å². The van der Waals surface area contributed by atoms with Crippen molar-refractivity contribution >= 4 is 11.8 Å². The Balaban J connectivity index is 1.25. The molecule has 0 amide bonds. The molecular weight excluding hydrogens is 668 g/mol. The summed E-state index contributed by atoms with van der Waals surface area (Å²) in [5.41, 5.74) is 1.81. The van der Waals surface area contributed by atoms with Crippen molar-refractivity contribution in [1.82, 2.24) is 0 Å². The van der Waals surface area contributed by atoms with E-state index in [0.717, 1.165) is 42.4 Å². The average Bonchev–Trinajstić information content (AvgIpc) is 3.53. The van der Waals surface area contributed by atoms with Gasteiger partial charge in [0.1, 0.15) is 32.1 Å². The van der Waals surface area contributed by atoms with Crippen LogP contribution in [0.25, 0.3) is 0 Å². The summed E-state index contributed by atoms with van der Waals surface area (Å²) in [6.45, 7) is 10.7. The van der Waals surface area contributed by atoms with E-state index in [1.165, 1.54) is 0 Å². The summed E-state index contributed by atoms with van der Waals surface area (Å²) in [6.07, 6.45) is 3.61. The van der Waals surface area contributed by atoms with E-state index in [-0.39, 0.29) is 60.7 Å². The van der Waals surface area contributed by atoms with Crippen LogP contribution < -0.4 is 0 Å². The molecule has 3 fully saturated rings. The molecule has 3 saturated carbocycles. The SMILES string of the molecule is CC[C@]1(C)C[C@@H](OC(=O)COCc2ccccc2)[C@@]2(C)C3C(=O)CC[C@@]3(CC[C@H]2COCOCc2ccccc2)[C@@H](C)[C@@H]1OCOCc1ccccc1. The van der Waals surface area contributed by atoms with E-state index in [1.54, 1.807) is 0 Å². The third-order valence-electron chi connectivity index (χ3n) is 13.0. The van der Waals surface area contributed by atoms with Gasteiger partial charge >= 0.3 is 5.97 Å². The van der Waals surface area contributed by atoms with Gasteiger partial charge in [0, 0.05) is 17.8 Å². The molecule has 53 heavy (non-hydrogen) atoms. The molecule has 8 nitrogen and oxygen atoms in total. The van der Waals surface area contributed by atoms with Crippen LogP contribution in [0, 0.1) is 34.0 Å². The first kappa shape index (κ1) is 39.3. The highest BCUT2D eigenvalue weighted by Gasteiger charge is 2.69. The predicted molar refractivity (Wildman–Crippen MR) is 202 cm³/mol. The summed E-state index contributed by atoms with van der Waals surface area (Å²) in [5.74, 6) is -0.421. The first-order chi connectivity index (χ1) is 25.7. The lowest BCUT2D eigenvalue weighted by Gasteiger charge is -2.63. The Morgan fingerprint density at radius 3 is 1.91 bits per heavy atom. The Bertz CT molecular complexity index is 1600. The highest BCUT2D eigenvalue weighted by Crippen LogP contribution is 2.68. The molecule has 2 bridgehead atoms. The van der Waals surface area contributed by atoms with E-state index in [0.29, 0.717) is 39.3 Å². The largest absolute Gasteiger partial charge is 0.460 e. The maximum atomic E-state index is 14.3. The normalized spacial score (nSPS) is 31.0. The Labute approximate surface area is 315 Å². The Kier molecular flexibility index (Phi) is 13.2. The molecule has 3 aliphatic rings. The second-order valence-electron chi connectivity index (χ2n) is 16.1. The Hall–Kier alpha value is -3.40. The molecule has 6 rings (SSSR count). The summed E-state index contributed by atoms with van der Waals surface area (Å²) in [4.78, 5) is 28.1. The van der Waals surface area contributed by atoms with Crippen molar-refractivity contribution in [2.24, 2.45) is 34.0 Å². The number of carbonyl (C=O) groups is 2. The number of esters is 1. The predicted octanol–water partition coefficient (Wildman–Crippen LogP) is 8.70. The fourth-order valence-corrected chi connectivity index (χ4v) is 10.0. The third-order valence-corrected chi connectivity index (χ3v) is 13.0. The van der Waals surface area contributed by atoms with Gasteiger partial charge < -0.3 is 28.4 Å². The number of ether oxygens (including phenoxy) is 6. The monoisotopic (exact) mass is 726 g/mol. The van der Waals surface area contributed by atoms with Crippen LogP contribution in [0.5, 0.6) is 0 Å². The van der Waals surface area contributed by atoms with Gasteiger partial charge in [-0.1, -0.05) is 119 Å². The molecule has 0 spiro atoms. The van der Waals surface area contributed by atoms with Gasteiger partial charge in [-0.05, 0) is 71.5 Å². The molecule has 0 radical (unpaired) electrons. The van der Waals surface area contributed by atoms with E-state index in [9.17, 15) is 9.59 Å². The van der Waals surface area contributed by atoms with E-state index >= 15 is 0 Å². The highest BCUT2D eigenvalue weighted by atomic mass is 16.7. The van der Waals surface area contributed by atoms with Gasteiger partial charge in [0.15, 0.2) is 0 Å². The maximum Gasteiger partial charge on any atom is 0.332 e. The van der Waals surface area contributed by atoms with Crippen molar-refractivity contribution in [3.05, 3.63) is 108 Å². The fourth-order valence-electron chi connectivity index (χ4n) is 10.0. The molecule has 8 atom stereocenters. The van der Waals surface area contributed by atoms with Crippen LogP contribution >= 0.6 is 0 Å². The van der Waals surface area contributed by atoms with Crippen molar-refractivity contribution in [2.45, 2.75) is 98.2 Å². The third kappa shape index (κ3) is 8.79. The number of benzene rings is 3. The first-order valence-corrected chi connectivity index (χ1v) is 19.5. The Morgan fingerprint density at radius 1 is 0.755 bits per heavy atom. The van der Waals surface area contributed by atoms with Gasteiger partial charge in [0.25, 0.3) is 0 Å². The summed E-state index contributed by atoms with van der Waals surface area (Å²) in [6, 6.07) is 29.9. The number of carbonyl (C=O) groups excluding carboxylic acids is 2. The van der Waals surface area contributed by atoms with Gasteiger partial charge in [-0.2, -0.15) is 0 Å². The van der Waals surface area contributed by atoms with Gasteiger partial charge in [0.2, 0.25) is 0 Å². The van der Waals surface area contributed by atoms with Gasteiger partial charge in [-0.15, -0.1) is 0 Å². The van der Waals surface area contributed by atoms with Gasteiger partial charge in [-0.25, -0.2) is 4.79 Å². The molecule has 0 saturated heterocycles. The van der Waals surface area contributed by atoms with Crippen LogP contribution in [0.2, 0.25) is 0 Å². The second-order valence-corrected chi connectivity index (χ2v) is 16.1. The van der Waals surface area contributed by atoms with E-state index in [4.69, 9.17) is 28.4 Å². The minimum Gasteiger partial charge on any atom is -0.460 e. The van der Waals surface area contributed by atoms with E-state index < -0.39 is 17.5 Å². The molecule has 0 N–H and O–H groups in total. The van der Waals surface area contributed by atoms with Crippen LogP contribution in [0.15, 0.2) is 91.0 Å². The molecule has 3 aromatic carbocycles. The summed E-state index contributed by atoms with van der Waals surface area (Å²) in [5, 5.41) is 0. The second kappa shape index (κ2) is 17.8. The highest BCUT2D eigenvalue weighted by molar-refractivity contribution is 5.85. The van der Waals surface area contributed by atoms with Crippen molar-refractivity contribution in [3.63, 3.8) is 0 Å². The maximum absolute atomic E-state index is 14.3. The molecular formula is C45H58O8. The molecule has 8 heteroatoms. The summed E-state index contributed by atoms with van der Waals surface area (Å²) in [7, 11) is 0. The number of rotatable bonds is 17. The van der Waals surface area contributed by atoms with E-state index in [1.807, 2.05) is 91.0 Å². The van der Waals surface area contributed by atoms with E-state index in [2.05, 4.69) is 27.7 Å². The number of ketones is 1. The fraction of sp³-hybridized carbons (Fsp3) is 0.556.